The van der Waals surface area contributed by atoms with E-state index in [0.29, 0.717) is 11.4 Å². The van der Waals surface area contributed by atoms with E-state index in [1.54, 1.807) is 24.3 Å². The van der Waals surface area contributed by atoms with Crippen LogP contribution < -0.4 is 9.96 Å². The summed E-state index contributed by atoms with van der Waals surface area (Å²) in [6.07, 6.45) is -0.907. The van der Waals surface area contributed by atoms with Crippen molar-refractivity contribution in [3.8, 4) is 0 Å². The van der Waals surface area contributed by atoms with Crippen molar-refractivity contribution in [2.45, 2.75) is 12.1 Å². The molecule has 2 aliphatic rings. The van der Waals surface area contributed by atoms with E-state index in [1.807, 2.05) is 36.4 Å². The molecule has 1 N–H and O–H groups in total. The molecule has 0 aromatic heterocycles. The number of hydrogen-bond acceptors (Lipinski definition) is 5. The third kappa shape index (κ3) is 2.11. The van der Waals surface area contributed by atoms with Gasteiger partial charge >= 0.3 is 0 Å². The summed E-state index contributed by atoms with van der Waals surface area (Å²) in [7, 11) is 0. The highest BCUT2D eigenvalue weighted by atomic mass is 16.7. The molecule has 2 aromatic rings. The first kappa shape index (κ1) is 14.9. The van der Waals surface area contributed by atoms with Gasteiger partial charge in [-0.15, -0.1) is 0 Å². The molecule has 24 heavy (non-hydrogen) atoms. The van der Waals surface area contributed by atoms with Gasteiger partial charge in [-0.3, -0.25) is 14.4 Å². The summed E-state index contributed by atoms with van der Waals surface area (Å²) in [4.78, 5) is 32.5. The number of anilines is 2. The fraction of sp³-hybridized carbons (Fsp3) is 0.222. The lowest BCUT2D eigenvalue weighted by atomic mass is 9.97. The highest BCUT2D eigenvalue weighted by Gasteiger charge is 2.59. The van der Waals surface area contributed by atoms with Gasteiger partial charge < -0.3 is 5.11 Å². The van der Waals surface area contributed by atoms with Crippen molar-refractivity contribution in [2.75, 3.05) is 16.6 Å². The Morgan fingerprint density at radius 3 is 2.04 bits per heavy atom. The lowest BCUT2D eigenvalue weighted by Crippen LogP contribution is -2.42. The van der Waals surface area contributed by atoms with Crippen molar-refractivity contribution >= 4 is 23.2 Å². The largest absolute Gasteiger partial charge is 0.394 e. The minimum atomic E-state index is -0.907. The van der Waals surface area contributed by atoms with Gasteiger partial charge in [-0.25, -0.2) is 9.96 Å². The van der Waals surface area contributed by atoms with Crippen molar-refractivity contribution < 1.29 is 19.5 Å². The lowest BCUT2D eigenvalue weighted by molar-refractivity contribution is -0.126. The molecule has 6 nitrogen and oxygen atoms in total. The molecule has 0 saturated carbocycles. The molecule has 3 unspecified atom stereocenters. The molecule has 2 aromatic carbocycles. The maximum Gasteiger partial charge on any atom is 0.266 e. The van der Waals surface area contributed by atoms with Crippen molar-refractivity contribution in [3.63, 3.8) is 0 Å². The second-order valence-electron chi connectivity index (χ2n) is 5.81. The fourth-order valence-electron chi connectivity index (χ4n) is 3.34. The first-order valence-electron chi connectivity index (χ1n) is 7.77. The molecule has 6 heteroatoms. The van der Waals surface area contributed by atoms with Crippen LogP contribution in [0.1, 0.15) is 0 Å². The molecule has 2 amide bonds. The van der Waals surface area contributed by atoms with Gasteiger partial charge in [0.05, 0.1) is 24.0 Å². The molecule has 3 atom stereocenters. The van der Waals surface area contributed by atoms with Gasteiger partial charge in [-0.2, -0.15) is 0 Å². The van der Waals surface area contributed by atoms with E-state index in [4.69, 9.17) is 4.84 Å². The van der Waals surface area contributed by atoms with Gasteiger partial charge in [-0.1, -0.05) is 36.4 Å². The van der Waals surface area contributed by atoms with E-state index in [0.717, 1.165) is 4.90 Å². The van der Waals surface area contributed by atoms with Crippen LogP contribution in [0.4, 0.5) is 11.4 Å². The fourth-order valence-corrected chi connectivity index (χ4v) is 3.34. The Morgan fingerprint density at radius 2 is 1.46 bits per heavy atom. The molecule has 2 aliphatic heterocycles. The summed E-state index contributed by atoms with van der Waals surface area (Å²) < 4.78 is 0. The molecule has 0 radical (unpaired) electrons. The van der Waals surface area contributed by atoms with Crippen LogP contribution in [0.15, 0.2) is 60.7 Å². The van der Waals surface area contributed by atoms with E-state index >= 15 is 0 Å². The van der Waals surface area contributed by atoms with Crippen LogP contribution in [0.3, 0.4) is 0 Å². The summed E-state index contributed by atoms with van der Waals surface area (Å²) in [5.41, 5.74) is 1.23. The Balaban J connectivity index is 1.68. The van der Waals surface area contributed by atoms with Crippen LogP contribution in [0, 0.1) is 5.92 Å². The van der Waals surface area contributed by atoms with Crippen LogP contribution in [0.25, 0.3) is 0 Å². The average molecular weight is 324 g/mol. The highest BCUT2D eigenvalue weighted by molar-refractivity contribution is 6.23. The Labute approximate surface area is 138 Å². The van der Waals surface area contributed by atoms with Crippen LogP contribution in [-0.4, -0.2) is 35.7 Å². The van der Waals surface area contributed by atoms with Gasteiger partial charge in [-0.05, 0) is 24.3 Å². The van der Waals surface area contributed by atoms with Gasteiger partial charge in [0.1, 0.15) is 5.92 Å². The van der Waals surface area contributed by atoms with E-state index in [9.17, 15) is 14.7 Å². The number of hydrogen-bond donors (Lipinski definition) is 1. The van der Waals surface area contributed by atoms with E-state index in [2.05, 4.69) is 0 Å². The maximum atomic E-state index is 12.8. The molecule has 0 spiro atoms. The third-order valence-electron chi connectivity index (χ3n) is 4.45. The summed E-state index contributed by atoms with van der Waals surface area (Å²) in [5, 5.41) is 11.3. The molecule has 0 bridgehead atoms. The summed E-state index contributed by atoms with van der Waals surface area (Å²) in [6.45, 7) is -0.280. The van der Waals surface area contributed by atoms with Crippen molar-refractivity contribution in [3.05, 3.63) is 60.7 Å². The number of amides is 2. The van der Waals surface area contributed by atoms with E-state index < -0.39 is 24.0 Å². The Hall–Kier alpha value is -2.70. The molecule has 4 rings (SSSR count). The van der Waals surface area contributed by atoms with Crippen LogP contribution in [0.2, 0.25) is 0 Å². The predicted octanol–water partition coefficient (Wildman–Crippen LogP) is 1.36. The number of aliphatic hydroxyl groups is 1. The number of carbonyl (C=O) groups excluding carboxylic acids is 2. The Morgan fingerprint density at radius 1 is 0.875 bits per heavy atom. The number of rotatable bonds is 3. The van der Waals surface area contributed by atoms with Crippen LogP contribution in [-0.2, 0) is 14.4 Å². The second kappa shape index (κ2) is 5.74. The normalized spacial score (nSPS) is 26.1. The topological polar surface area (TPSA) is 70.1 Å². The van der Waals surface area contributed by atoms with Gasteiger partial charge in [0.25, 0.3) is 5.91 Å². The Bertz CT molecular complexity index is 765. The monoisotopic (exact) mass is 324 g/mol. The predicted molar refractivity (Wildman–Crippen MR) is 87.1 cm³/mol. The van der Waals surface area contributed by atoms with Crippen molar-refractivity contribution in [1.29, 1.82) is 0 Å². The number of nitrogens with zero attached hydrogens (tertiary/aromatic N) is 2. The number of para-hydroxylation sites is 2. The minimum absolute atomic E-state index is 0.280. The number of imide groups is 1. The zero-order chi connectivity index (χ0) is 16.7. The molecule has 0 aliphatic carbocycles. The summed E-state index contributed by atoms with van der Waals surface area (Å²) >= 11 is 0. The number of hydroxylamine groups is 1. The molecular weight excluding hydrogens is 308 g/mol. The quantitative estimate of drug-likeness (QED) is 0.863. The second-order valence-corrected chi connectivity index (χ2v) is 5.81. The SMILES string of the molecule is O=C1C2ON(c3ccccc3)C(CO)C2C(=O)N1c1ccccc1. The van der Waals surface area contributed by atoms with Gasteiger partial charge in [0, 0.05) is 0 Å². The van der Waals surface area contributed by atoms with E-state index in [1.165, 1.54) is 5.06 Å². The molecular formula is C18H16N2O4. The highest BCUT2D eigenvalue weighted by Crippen LogP contribution is 2.39. The minimum Gasteiger partial charge on any atom is -0.394 e. The third-order valence-corrected chi connectivity index (χ3v) is 4.45. The number of fused-ring (bicyclic) bond motifs is 1. The number of carbonyl (C=O) groups is 2. The van der Waals surface area contributed by atoms with Gasteiger partial charge in [0.15, 0.2) is 6.10 Å². The Kier molecular flexibility index (Phi) is 3.55. The molecule has 2 heterocycles. The van der Waals surface area contributed by atoms with Crippen molar-refractivity contribution in [2.24, 2.45) is 5.92 Å². The summed E-state index contributed by atoms with van der Waals surface area (Å²) in [6, 6.07) is 17.3. The van der Waals surface area contributed by atoms with Crippen LogP contribution in [0.5, 0.6) is 0 Å². The average Bonchev–Trinajstić information content (AvgIpc) is 3.13. The lowest BCUT2D eigenvalue weighted by Gasteiger charge is -2.27. The molecule has 2 fully saturated rings. The zero-order valence-electron chi connectivity index (χ0n) is 12.8. The standard InChI is InChI=1S/C18H16N2O4/c21-11-14-15-16(24-20(14)13-9-5-2-6-10-13)18(23)19(17(15)22)12-7-3-1-4-8-12/h1-10,14-16,21H,11H2. The van der Waals surface area contributed by atoms with E-state index in [-0.39, 0.29) is 12.5 Å². The smallest absolute Gasteiger partial charge is 0.266 e. The van der Waals surface area contributed by atoms with Crippen LogP contribution >= 0.6 is 0 Å². The number of aliphatic hydroxyl groups excluding tert-OH is 1. The first-order chi connectivity index (χ1) is 11.7. The molecule has 122 valence electrons. The maximum absolute atomic E-state index is 12.8. The zero-order valence-corrected chi connectivity index (χ0v) is 12.8. The van der Waals surface area contributed by atoms with Gasteiger partial charge in [0.2, 0.25) is 5.91 Å². The molecule has 2 saturated heterocycles. The first-order valence-corrected chi connectivity index (χ1v) is 7.77. The van der Waals surface area contributed by atoms with Crippen molar-refractivity contribution in [1.82, 2.24) is 0 Å². The summed E-state index contributed by atoms with van der Waals surface area (Å²) in [5.74, 6) is -1.45. The number of benzene rings is 2.